The van der Waals surface area contributed by atoms with E-state index in [0.29, 0.717) is 60.3 Å². The van der Waals surface area contributed by atoms with Gasteiger partial charge in [-0.25, -0.2) is 9.78 Å². The second kappa shape index (κ2) is 21.8. The third-order valence-electron chi connectivity index (χ3n) is 9.04. The molecule has 288 valence electrons. The number of unbranched alkanes of at least 4 members (excludes halogenated alkanes) is 7. The van der Waals surface area contributed by atoms with Crippen molar-refractivity contribution in [3.05, 3.63) is 116 Å². The number of ether oxygens (including phenoxy) is 6. The second-order valence-corrected chi connectivity index (χ2v) is 13.2. The van der Waals surface area contributed by atoms with Crippen molar-refractivity contribution in [2.75, 3.05) is 26.9 Å². The molecule has 5 rings (SSSR count). The van der Waals surface area contributed by atoms with E-state index in [9.17, 15) is 9.59 Å². The van der Waals surface area contributed by atoms with Gasteiger partial charge >= 0.3 is 11.9 Å². The van der Waals surface area contributed by atoms with E-state index in [1.807, 2.05) is 78.9 Å². The average Bonchev–Trinajstić information content (AvgIpc) is 3.21. The number of benzene rings is 4. The monoisotopic (exact) mass is 745 g/mol. The first-order valence-electron chi connectivity index (χ1n) is 19.1. The van der Waals surface area contributed by atoms with Crippen LogP contribution < -0.4 is 23.7 Å². The van der Waals surface area contributed by atoms with Crippen molar-refractivity contribution >= 4 is 33.6 Å². The smallest absolute Gasteiger partial charge is 0.330 e. The minimum Gasteiger partial charge on any atom is -0.497 e. The third-order valence-corrected chi connectivity index (χ3v) is 9.04. The van der Waals surface area contributed by atoms with E-state index in [0.717, 1.165) is 72.8 Å². The molecule has 0 saturated carbocycles. The highest BCUT2D eigenvalue weighted by molar-refractivity contribution is 6.08. The van der Waals surface area contributed by atoms with Gasteiger partial charge in [-0.15, -0.1) is 6.58 Å². The van der Waals surface area contributed by atoms with Gasteiger partial charge in [0.2, 0.25) is 5.88 Å². The maximum Gasteiger partial charge on any atom is 0.330 e. The standard InChI is InChI=1S/C46H51NO8/c1-4-6-7-8-9-12-29-51-35-18-15-34(16-19-35)17-28-45(49)54-39-25-26-40-41-27-24-38(50-3)33-43(41)47-46(42(40)32-39)55-37-22-20-36(21-23-37)52-30-13-10-11-14-31-53-44(48)5-2/h4-5,15-16,18-27,32-33H,1-2,6-14,17,28-31H2,3H3. The predicted molar refractivity (Wildman–Crippen MR) is 217 cm³/mol. The molecule has 0 N–H and O–H groups in total. The number of carbonyl (C=O) groups excluding carboxylic acids is 2. The maximum absolute atomic E-state index is 13.0. The Morgan fingerprint density at radius 1 is 0.636 bits per heavy atom. The van der Waals surface area contributed by atoms with E-state index in [1.54, 1.807) is 19.2 Å². The van der Waals surface area contributed by atoms with Gasteiger partial charge in [-0.1, -0.05) is 37.6 Å². The van der Waals surface area contributed by atoms with Crippen molar-refractivity contribution in [2.45, 2.75) is 70.6 Å². The van der Waals surface area contributed by atoms with Crippen molar-refractivity contribution in [3.8, 4) is 34.6 Å². The molecule has 0 saturated heterocycles. The molecular formula is C46H51NO8. The first-order valence-corrected chi connectivity index (χ1v) is 19.1. The highest BCUT2D eigenvalue weighted by atomic mass is 16.5. The van der Waals surface area contributed by atoms with Gasteiger partial charge < -0.3 is 28.4 Å². The van der Waals surface area contributed by atoms with Gasteiger partial charge in [-0.2, -0.15) is 0 Å². The zero-order valence-electron chi connectivity index (χ0n) is 31.8. The number of hydrogen-bond acceptors (Lipinski definition) is 9. The molecule has 9 nitrogen and oxygen atoms in total. The molecule has 4 aromatic carbocycles. The summed E-state index contributed by atoms with van der Waals surface area (Å²) in [4.78, 5) is 29.0. The Morgan fingerprint density at radius 2 is 1.24 bits per heavy atom. The molecule has 5 aromatic rings. The van der Waals surface area contributed by atoms with Gasteiger partial charge in [-0.3, -0.25) is 4.79 Å². The van der Waals surface area contributed by atoms with Crippen molar-refractivity contribution in [1.82, 2.24) is 4.98 Å². The quantitative estimate of drug-likeness (QED) is 0.0152. The fraction of sp³-hybridized carbons (Fsp3) is 0.326. The number of rotatable bonds is 24. The predicted octanol–water partition coefficient (Wildman–Crippen LogP) is 10.9. The molecule has 0 unspecified atom stereocenters. The molecule has 0 radical (unpaired) electrons. The zero-order valence-corrected chi connectivity index (χ0v) is 31.8. The summed E-state index contributed by atoms with van der Waals surface area (Å²) in [6, 6.07) is 26.5. The Hall–Kier alpha value is -5.83. The van der Waals surface area contributed by atoms with Gasteiger partial charge in [0, 0.05) is 29.3 Å². The largest absolute Gasteiger partial charge is 0.497 e. The summed E-state index contributed by atoms with van der Waals surface area (Å²) in [7, 11) is 1.62. The third kappa shape index (κ3) is 12.9. The molecule has 0 spiro atoms. The summed E-state index contributed by atoms with van der Waals surface area (Å²) in [6.07, 6.45) is 13.1. The van der Waals surface area contributed by atoms with E-state index in [-0.39, 0.29) is 12.4 Å². The van der Waals surface area contributed by atoms with E-state index < -0.39 is 5.97 Å². The Morgan fingerprint density at radius 3 is 1.91 bits per heavy atom. The number of hydrogen-bond donors (Lipinski definition) is 0. The van der Waals surface area contributed by atoms with Crippen LogP contribution in [0.3, 0.4) is 0 Å². The first kappa shape index (κ1) is 40.4. The maximum atomic E-state index is 13.0. The van der Waals surface area contributed by atoms with E-state index in [1.165, 1.54) is 18.9 Å². The van der Waals surface area contributed by atoms with Crippen LogP contribution in [-0.2, 0) is 20.7 Å². The summed E-state index contributed by atoms with van der Waals surface area (Å²) in [5, 5.41) is 2.52. The van der Waals surface area contributed by atoms with Crippen LogP contribution in [0.15, 0.2) is 110 Å². The van der Waals surface area contributed by atoms with Crippen LogP contribution in [0.25, 0.3) is 21.7 Å². The molecule has 0 amide bonds. The number of allylic oxidation sites excluding steroid dienone is 1. The van der Waals surface area contributed by atoms with Crippen LogP contribution in [0, 0.1) is 0 Å². The van der Waals surface area contributed by atoms with Gasteiger partial charge in [0.1, 0.15) is 28.7 Å². The number of methoxy groups -OCH3 is 1. The molecule has 0 bridgehead atoms. The first-order chi connectivity index (χ1) is 26.9. The SMILES string of the molecule is C=CCCCCCCOc1ccc(CCC(=O)Oc2ccc3c(c2)c(Oc2ccc(OCCCCCCOC(=O)C=C)cc2)nc2cc(OC)ccc23)cc1. The van der Waals surface area contributed by atoms with Crippen LogP contribution in [0.1, 0.15) is 69.8 Å². The highest BCUT2D eigenvalue weighted by Crippen LogP contribution is 2.37. The molecule has 1 heterocycles. The summed E-state index contributed by atoms with van der Waals surface area (Å²) in [5.74, 6) is 2.88. The number of nitrogens with zero attached hydrogens (tertiary/aromatic N) is 1. The molecular weight excluding hydrogens is 695 g/mol. The Balaban J connectivity index is 1.17. The number of carbonyl (C=O) groups is 2. The van der Waals surface area contributed by atoms with Crippen LogP contribution in [0.2, 0.25) is 0 Å². The number of aryl methyl sites for hydroxylation is 1. The topological polar surface area (TPSA) is 102 Å². The second-order valence-electron chi connectivity index (χ2n) is 13.2. The van der Waals surface area contributed by atoms with Crippen molar-refractivity contribution in [1.29, 1.82) is 0 Å². The number of fused-ring (bicyclic) bond motifs is 3. The lowest BCUT2D eigenvalue weighted by Gasteiger charge is -2.13. The van der Waals surface area contributed by atoms with Gasteiger partial charge in [-0.05, 0) is 129 Å². The van der Waals surface area contributed by atoms with Crippen molar-refractivity contribution < 1.29 is 38.0 Å². The molecule has 0 aliphatic rings. The molecule has 0 aliphatic heterocycles. The van der Waals surface area contributed by atoms with Crippen molar-refractivity contribution in [2.24, 2.45) is 0 Å². The summed E-state index contributed by atoms with van der Waals surface area (Å²) in [5.41, 5.74) is 1.74. The van der Waals surface area contributed by atoms with E-state index in [2.05, 4.69) is 13.2 Å². The number of esters is 2. The molecule has 0 fully saturated rings. The summed E-state index contributed by atoms with van der Waals surface area (Å²) >= 11 is 0. The van der Waals surface area contributed by atoms with Crippen LogP contribution >= 0.6 is 0 Å². The lowest BCUT2D eigenvalue weighted by Crippen LogP contribution is -2.09. The van der Waals surface area contributed by atoms with E-state index in [4.69, 9.17) is 33.4 Å². The molecule has 0 atom stereocenters. The minimum atomic E-state index is -0.390. The fourth-order valence-electron chi connectivity index (χ4n) is 6.02. The van der Waals surface area contributed by atoms with Gasteiger partial charge in [0.25, 0.3) is 0 Å². The van der Waals surface area contributed by atoms with Gasteiger partial charge in [0.05, 0.1) is 32.4 Å². The zero-order chi connectivity index (χ0) is 38.7. The normalized spacial score (nSPS) is 10.9. The molecule has 1 aromatic heterocycles. The van der Waals surface area contributed by atoms with Crippen LogP contribution in [-0.4, -0.2) is 43.9 Å². The fourth-order valence-corrected chi connectivity index (χ4v) is 6.02. The number of aromatic nitrogens is 1. The molecule has 9 heteroatoms. The lowest BCUT2D eigenvalue weighted by atomic mass is 10.1. The lowest BCUT2D eigenvalue weighted by molar-refractivity contribution is -0.138. The Bertz CT molecular complexity index is 2010. The molecule has 55 heavy (non-hydrogen) atoms. The van der Waals surface area contributed by atoms with E-state index >= 15 is 0 Å². The Kier molecular flexibility index (Phi) is 16.0. The molecule has 0 aliphatic carbocycles. The minimum absolute atomic E-state index is 0.226. The van der Waals surface area contributed by atoms with Crippen LogP contribution in [0.4, 0.5) is 0 Å². The highest BCUT2D eigenvalue weighted by Gasteiger charge is 2.15. The summed E-state index contributed by atoms with van der Waals surface area (Å²) < 4.78 is 34.4. The Labute approximate surface area is 323 Å². The number of pyridine rings is 1. The summed E-state index contributed by atoms with van der Waals surface area (Å²) in [6.45, 7) is 8.84. The van der Waals surface area contributed by atoms with Gasteiger partial charge in [0.15, 0.2) is 0 Å². The van der Waals surface area contributed by atoms with Crippen molar-refractivity contribution in [3.63, 3.8) is 0 Å². The average molecular weight is 746 g/mol. The van der Waals surface area contributed by atoms with Crippen LogP contribution in [0.5, 0.6) is 34.6 Å².